The molecule has 130 valence electrons. The lowest BCUT2D eigenvalue weighted by atomic mass is 9.99. The second kappa shape index (κ2) is 6.40. The van der Waals surface area contributed by atoms with Crippen LogP contribution in [-0.4, -0.2) is 62.1 Å². The molecular formula is C14H13Cl2NO7. The Morgan fingerprint density at radius 2 is 1.83 bits per heavy atom. The third kappa shape index (κ3) is 3.04. The molecule has 5 atom stereocenters. The van der Waals surface area contributed by atoms with Crippen LogP contribution in [0.4, 0.5) is 0 Å². The SMILES string of the molecule is O=C(O)[C@H]1O[C@@H](Oc2cc3c(Cl)cc(Cl)cc3[nH]2)[C@H](O)[C@@H](O)[C@@H]1O. The van der Waals surface area contributed by atoms with Crippen molar-refractivity contribution < 1.29 is 34.7 Å². The molecule has 5 N–H and O–H groups in total. The Morgan fingerprint density at radius 1 is 1.12 bits per heavy atom. The molecule has 2 heterocycles. The molecule has 0 saturated carbocycles. The Hall–Kier alpha value is -1.55. The topological polar surface area (TPSA) is 132 Å². The normalized spacial score (nSPS) is 30.5. The van der Waals surface area contributed by atoms with Crippen molar-refractivity contribution in [3.8, 4) is 5.88 Å². The van der Waals surface area contributed by atoms with Crippen LogP contribution < -0.4 is 4.74 Å². The standard InChI is InChI=1S/C14H13Cl2NO7/c15-4-1-6(16)5-3-8(17-7(5)2-4)23-14-11(20)9(18)10(19)12(24-14)13(21)22/h1-3,9-12,14,17-20H,(H,21,22)/t9-,10-,11+,12-,14+/m0/s1. The molecule has 1 fully saturated rings. The van der Waals surface area contributed by atoms with Crippen molar-refractivity contribution in [2.45, 2.75) is 30.7 Å². The lowest BCUT2D eigenvalue weighted by Gasteiger charge is -2.38. The summed E-state index contributed by atoms with van der Waals surface area (Å²) in [5.41, 5.74) is 0.558. The van der Waals surface area contributed by atoms with E-state index in [4.69, 9.17) is 37.8 Å². The molecular weight excluding hydrogens is 365 g/mol. The van der Waals surface area contributed by atoms with E-state index in [1.54, 1.807) is 6.07 Å². The van der Waals surface area contributed by atoms with E-state index >= 15 is 0 Å². The number of fused-ring (bicyclic) bond motifs is 1. The molecule has 2 aromatic rings. The van der Waals surface area contributed by atoms with Gasteiger partial charge in [0.25, 0.3) is 0 Å². The van der Waals surface area contributed by atoms with Gasteiger partial charge < -0.3 is 34.9 Å². The highest BCUT2D eigenvalue weighted by Crippen LogP contribution is 2.32. The van der Waals surface area contributed by atoms with Gasteiger partial charge >= 0.3 is 5.97 Å². The van der Waals surface area contributed by atoms with Crippen LogP contribution in [0.2, 0.25) is 10.0 Å². The molecule has 1 aliphatic heterocycles. The van der Waals surface area contributed by atoms with Crippen LogP contribution in [0.5, 0.6) is 5.88 Å². The maximum atomic E-state index is 11.1. The summed E-state index contributed by atoms with van der Waals surface area (Å²) in [7, 11) is 0. The zero-order valence-corrected chi connectivity index (χ0v) is 13.4. The summed E-state index contributed by atoms with van der Waals surface area (Å²) in [6.45, 7) is 0. The molecule has 0 aliphatic carbocycles. The van der Waals surface area contributed by atoms with E-state index in [2.05, 4.69) is 4.98 Å². The number of nitrogens with one attached hydrogen (secondary N) is 1. The van der Waals surface area contributed by atoms with E-state index in [-0.39, 0.29) is 5.88 Å². The molecule has 1 aliphatic rings. The van der Waals surface area contributed by atoms with E-state index in [0.717, 1.165) is 0 Å². The fraction of sp³-hybridized carbons (Fsp3) is 0.357. The van der Waals surface area contributed by atoms with Crippen LogP contribution in [0.3, 0.4) is 0 Å². The minimum Gasteiger partial charge on any atom is -0.479 e. The lowest BCUT2D eigenvalue weighted by Crippen LogP contribution is -2.61. The highest BCUT2D eigenvalue weighted by Gasteiger charge is 2.48. The fourth-order valence-corrected chi connectivity index (χ4v) is 3.02. The second-order valence-electron chi connectivity index (χ2n) is 5.34. The van der Waals surface area contributed by atoms with Gasteiger partial charge in [0.1, 0.15) is 18.3 Å². The smallest absolute Gasteiger partial charge is 0.335 e. The highest BCUT2D eigenvalue weighted by atomic mass is 35.5. The van der Waals surface area contributed by atoms with Gasteiger partial charge in [0.05, 0.1) is 10.5 Å². The summed E-state index contributed by atoms with van der Waals surface area (Å²) in [5, 5.41) is 39.7. The first-order valence-electron chi connectivity index (χ1n) is 6.85. The Morgan fingerprint density at radius 3 is 2.50 bits per heavy atom. The van der Waals surface area contributed by atoms with Crippen molar-refractivity contribution in [3.63, 3.8) is 0 Å². The van der Waals surface area contributed by atoms with E-state index in [1.807, 2.05) is 0 Å². The van der Waals surface area contributed by atoms with Crippen LogP contribution in [0, 0.1) is 0 Å². The van der Waals surface area contributed by atoms with E-state index in [1.165, 1.54) is 12.1 Å². The number of hydrogen-bond donors (Lipinski definition) is 5. The first-order valence-corrected chi connectivity index (χ1v) is 7.60. The van der Waals surface area contributed by atoms with Crippen LogP contribution in [0.1, 0.15) is 0 Å². The summed E-state index contributed by atoms with van der Waals surface area (Å²) in [6.07, 6.45) is -8.43. The highest BCUT2D eigenvalue weighted by molar-refractivity contribution is 6.38. The molecule has 8 nitrogen and oxygen atoms in total. The van der Waals surface area contributed by atoms with Crippen LogP contribution in [0.25, 0.3) is 10.9 Å². The molecule has 0 amide bonds. The minimum absolute atomic E-state index is 0.117. The summed E-state index contributed by atoms with van der Waals surface area (Å²) >= 11 is 12.0. The number of aromatic amines is 1. The molecule has 1 saturated heterocycles. The number of aromatic nitrogens is 1. The molecule has 10 heteroatoms. The Balaban J connectivity index is 1.87. The molecule has 24 heavy (non-hydrogen) atoms. The Bertz CT molecular complexity index is 780. The number of hydrogen-bond acceptors (Lipinski definition) is 6. The van der Waals surface area contributed by atoms with Crippen LogP contribution >= 0.6 is 23.2 Å². The number of halogens is 2. The van der Waals surface area contributed by atoms with Gasteiger partial charge in [0.2, 0.25) is 6.29 Å². The van der Waals surface area contributed by atoms with Crippen molar-refractivity contribution in [2.75, 3.05) is 0 Å². The predicted octanol–water partition coefficient (Wildman–Crippen LogP) is 0.746. The van der Waals surface area contributed by atoms with Gasteiger partial charge in [-0.3, -0.25) is 0 Å². The maximum Gasteiger partial charge on any atom is 0.335 e. The van der Waals surface area contributed by atoms with Gasteiger partial charge in [-0.05, 0) is 12.1 Å². The number of carbonyl (C=O) groups is 1. The Kier molecular flexibility index (Phi) is 4.60. The fourth-order valence-electron chi connectivity index (χ4n) is 2.47. The summed E-state index contributed by atoms with van der Waals surface area (Å²) in [4.78, 5) is 13.9. The lowest BCUT2D eigenvalue weighted by molar-refractivity contribution is -0.271. The van der Waals surface area contributed by atoms with E-state index in [9.17, 15) is 20.1 Å². The number of carboxylic acid groups (broad SMARTS) is 1. The van der Waals surface area contributed by atoms with Crippen molar-refractivity contribution in [1.29, 1.82) is 0 Å². The molecule has 0 bridgehead atoms. The molecule has 0 radical (unpaired) electrons. The molecule has 0 spiro atoms. The van der Waals surface area contributed by atoms with Gasteiger partial charge in [-0.2, -0.15) is 0 Å². The average Bonchev–Trinajstić information content (AvgIpc) is 2.90. The maximum absolute atomic E-state index is 11.1. The molecule has 0 unspecified atom stereocenters. The second-order valence-corrected chi connectivity index (χ2v) is 6.18. The minimum atomic E-state index is -1.78. The number of rotatable bonds is 3. The number of benzene rings is 1. The summed E-state index contributed by atoms with van der Waals surface area (Å²) in [5.74, 6) is -1.38. The molecule has 1 aromatic carbocycles. The Labute approximate surface area is 145 Å². The first kappa shape index (κ1) is 17.3. The quantitative estimate of drug-likeness (QED) is 0.532. The monoisotopic (exact) mass is 377 g/mol. The largest absolute Gasteiger partial charge is 0.479 e. The molecule has 1 aromatic heterocycles. The number of carboxylic acids is 1. The van der Waals surface area contributed by atoms with Crippen molar-refractivity contribution in [2.24, 2.45) is 0 Å². The third-order valence-electron chi connectivity index (χ3n) is 3.68. The van der Waals surface area contributed by atoms with Crippen molar-refractivity contribution in [3.05, 3.63) is 28.2 Å². The van der Waals surface area contributed by atoms with Crippen LogP contribution in [0.15, 0.2) is 18.2 Å². The molecule has 3 rings (SSSR count). The summed E-state index contributed by atoms with van der Waals surface area (Å²) < 4.78 is 10.4. The van der Waals surface area contributed by atoms with Gasteiger partial charge in [-0.1, -0.05) is 23.2 Å². The van der Waals surface area contributed by atoms with Crippen molar-refractivity contribution in [1.82, 2.24) is 4.98 Å². The number of H-pyrrole nitrogens is 1. The van der Waals surface area contributed by atoms with Gasteiger partial charge in [-0.25, -0.2) is 4.79 Å². The predicted molar refractivity (Wildman–Crippen MR) is 83.3 cm³/mol. The summed E-state index contributed by atoms with van der Waals surface area (Å²) in [6, 6.07) is 4.65. The number of aliphatic hydroxyl groups excluding tert-OH is 3. The number of aliphatic carboxylic acids is 1. The van der Waals surface area contributed by atoms with Gasteiger partial charge in [-0.15, -0.1) is 0 Å². The third-order valence-corrected chi connectivity index (χ3v) is 4.21. The number of aliphatic hydroxyl groups is 3. The first-order chi connectivity index (χ1) is 11.3. The van der Waals surface area contributed by atoms with E-state index in [0.29, 0.717) is 20.9 Å². The van der Waals surface area contributed by atoms with Crippen molar-refractivity contribution >= 4 is 40.1 Å². The van der Waals surface area contributed by atoms with Gasteiger partial charge in [0.15, 0.2) is 12.0 Å². The van der Waals surface area contributed by atoms with Gasteiger partial charge in [0, 0.05) is 16.5 Å². The zero-order valence-electron chi connectivity index (χ0n) is 11.9. The number of ether oxygens (including phenoxy) is 2. The van der Waals surface area contributed by atoms with E-state index < -0.39 is 36.7 Å². The zero-order chi connectivity index (χ0) is 17.6. The average molecular weight is 378 g/mol. The van der Waals surface area contributed by atoms with Crippen LogP contribution in [-0.2, 0) is 9.53 Å².